The summed E-state index contributed by atoms with van der Waals surface area (Å²) in [4.78, 5) is 25.4. The molecule has 4 saturated carbocycles. The van der Waals surface area contributed by atoms with Crippen molar-refractivity contribution in [3.63, 3.8) is 0 Å². The van der Waals surface area contributed by atoms with Gasteiger partial charge in [-0.05, 0) is 55.8 Å². The average Bonchev–Trinajstić information content (AvgIpc) is 2.33. The van der Waals surface area contributed by atoms with Gasteiger partial charge in [0.2, 0.25) is 5.91 Å². The number of carbonyl (C=O) groups is 2. The van der Waals surface area contributed by atoms with Crippen LogP contribution < -0.4 is 0 Å². The molecule has 1 N–H and O–H groups in total. The molecule has 0 saturated heterocycles. The van der Waals surface area contributed by atoms with Crippen LogP contribution in [0.15, 0.2) is 0 Å². The molecule has 4 fully saturated rings. The summed E-state index contributed by atoms with van der Waals surface area (Å²) in [5, 5.41) is 9.03. The molecule has 4 heteroatoms. The Morgan fingerprint density at radius 2 is 1.90 bits per heavy atom. The molecule has 4 aliphatic rings. The van der Waals surface area contributed by atoms with E-state index in [4.69, 9.17) is 11.5 Å². The highest BCUT2D eigenvalue weighted by molar-refractivity contribution is 5.86. The van der Waals surface area contributed by atoms with Crippen molar-refractivity contribution in [3.8, 4) is 12.3 Å². The van der Waals surface area contributed by atoms with Crippen molar-refractivity contribution in [1.29, 1.82) is 0 Å². The molecule has 4 bridgehead atoms. The summed E-state index contributed by atoms with van der Waals surface area (Å²) in [7, 11) is 0. The van der Waals surface area contributed by atoms with Crippen LogP contribution in [-0.2, 0) is 9.59 Å². The lowest BCUT2D eigenvalue weighted by Gasteiger charge is -2.61. The average molecular weight is 289 g/mol. The summed E-state index contributed by atoms with van der Waals surface area (Å²) in [6.45, 7) is 2.12. The van der Waals surface area contributed by atoms with Crippen molar-refractivity contribution in [2.24, 2.45) is 22.7 Å². The zero-order chi connectivity index (χ0) is 15.3. The van der Waals surface area contributed by atoms with E-state index in [0.717, 1.165) is 19.3 Å². The number of amides is 1. The highest BCUT2D eigenvalue weighted by Crippen LogP contribution is 2.65. The van der Waals surface area contributed by atoms with Gasteiger partial charge in [0.15, 0.2) is 0 Å². The van der Waals surface area contributed by atoms with Crippen LogP contribution in [-0.4, -0.2) is 35.0 Å². The molecule has 0 aromatic heterocycles. The summed E-state index contributed by atoms with van der Waals surface area (Å²) >= 11 is 0. The molecule has 21 heavy (non-hydrogen) atoms. The Kier molecular flexibility index (Phi) is 3.27. The number of hydrogen-bond acceptors (Lipinski definition) is 2. The molecule has 4 nitrogen and oxygen atoms in total. The van der Waals surface area contributed by atoms with Crippen LogP contribution >= 0.6 is 0 Å². The van der Waals surface area contributed by atoms with Crippen LogP contribution in [0, 0.1) is 35.0 Å². The van der Waals surface area contributed by atoms with Gasteiger partial charge in [0, 0.05) is 0 Å². The Hall–Kier alpha value is -1.50. The van der Waals surface area contributed by atoms with E-state index < -0.39 is 5.97 Å². The molecule has 2 atom stereocenters. The number of hydrogen-bond donors (Lipinski definition) is 1. The Bertz CT molecular complexity index is 505. The third kappa shape index (κ3) is 2.43. The smallest absolute Gasteiger partial charge is 0.323 e. The molecular weight excluding hydrogens is 266 g/mol. The first-order chi connectivity index (χ1) is 9.86. The molecule has 1 amide bonds. The Morgan fingerprint density at radius 3 is 2.38 bits per heavy atom. The standard InChI is InChI=1S/C17H23NO3/c1-3-4-18(10-14(19)20)15(21)17-8-12-5-13(9-17)7-16(2,6-12)11-17/h1,12-13H,4-11H2,2H3,(H,19,20). The predicted octanol–water partition coefficient (Wildman–Crippen LogP) is 2.14. The molecular formula is C17H23NO3. The monoisotopic (exact) mass is 289 g/mol. The van der Waals surface area contributed by atoms with Crippen LogP contribution in [0.1, 0.15) is 45.4 Å². The van der Waals surface area contributed by atoms with Crippen LogP contribution in [0.5, 0.6) is 0 Å². The van der Waals surface area contributed by atoms with E-state index in [9.17, 15) is 9.59 Å². The SMILES string of the molecule is C#CCN(CC(=O)O)C(=O)C12CC3CC(CC(C)(C3)C1)C2. The van der Waals surface area contributed by atoms with Crippen LogP contribution in [0.3, 0.4) is 0 Å². The van der Waals surface area contributed by atoms with E-state index in [1.165, 1.54) is 24.2 Å². The first-order valence-corrected chi connectivity index (χ1v) is 7.80. The highest BCUT2D eigenvalue weighted by Gasteiger charge is 2.59. The molecule has 0 aromatic rings. The van der Waals surface area contributed by atoms with Crippen LogP contribution in [0.25, 0.3) is 0 Å². The lowest BCUT2D eigenvalue weighted by molar-refractivity contribution is -0.167. The fourth-order valence-electron chi connectivity index (χ4n) is 5.78. The lowest BCUT2D eigenvalue weighted by atomic mass is 9.44. The third-order valence-corrected chi connectivity index (χ3v) is 5.70. The minimum Gasteiger partial charge on any atom is -0.480 e. The second kappa shape index (κ2) is 4.76. The summed E-state index contributed by atoms with van der Waals surface area (Å²) < 4.78 is 0. The Balaban J connectivity index is 1.86. The number of carboxylic acid groups (broad SMARTS) is 1. The second-order valence-electron chi connectivity index (χ2n) is 7.81. The van der Waals surface area contributed by atoms with Gasteiger partial charge < -0.3 is 10.0 Å². The van der Waals surface area contributed by atoms with Gasteiger partial charge in [0.1, 0.15) is 6.54 Å². The summed E-state index contributed by atoms with van der Waals surface area (Å²) in [6.07, 6.45) is 11.8. The summed E-state index contributed by atoms with van der Waals surface area (Å²) in [5.74, 6) is 2.71. The molecule has 0 aromatic carbocycles. The van der Waals surface area contributed by atoms with Crippen LogP contribution in [0.2, 0.25) is 0 Å². The predicted molar refractivity (Wildman–Crippen MR) is 78.3 cm³/mol. The van der Waals surface area contributed by atoms with E-state index in [-0.39, 0.29) is 29.8 Å². The molecule has 2 unspecified atom stereocenters. The van der Waals surface area contributed by atoms with Gasteiger partial charge in [-0.3, -0.25) is 9.59 Å². The molecule has 4 aliphatic carbocycles. The minimum atomic E-state index is -0.991. The third-order valence-electron chi connectivity index (χ3n) is 5.70. The molecule has 0 aliphatic heterocycles. The fraction of sp³-hybridized carbons (Fsp3) is 0.765. The van der Waals surface area contributed by atoms with Crippen molar-refractivity contribution in [1.82, 2.24) is 4.90 Å². The first kappa shape index (κ1) is 14.4. The molecule has 0 spiro atoms. The van der Waals surface area contributed by atoms with Gasteiger partial charge >= 0.3 is 5.97 Å². The largest absolute Gasteiger partial charge is 0.480 e. The number of carboxylic acids is 1. The van der Waals surface area contributed by atoms with E-state index in [2.05, 4.69) is 12.8 Å². The molecule has 4 rings (SSSR count). The van der Waals surface area contributed by atoms with Crippen molar-refractivity contribution < 1.29 is 14.7 Å². The van der Waals surface area contributed by atoms with E-state index in [1.54, 1.807) is 0 Å². The first-order valence-electron chi connectivity index (χ1n) is 7.80. The maximum atomic E-state index is 13.0. The minimum absolute atomic E-state index is 0.0109. The molecule has 0 radical (unpaired) electrons. The number of nitrogens with zero attached hydrogens (tertiary/aromatic N) is 1. The molecule has 0 heterocycles. The van der Waals surface area contributed by atoms with Gasteiger partial charge in [-0.2, -0.15) is 0 Å². The number of aliphatic carboxylic acids is 1. The van der Waals surface area contributed by atoms with E-state index in [0.29, 0.717) is 11.8 Å². The van der Waals surface area contributed by atoms with Crippen LogP contribution in [0.4, 0.5) is 0 Å². The van der Waals surface area contributed by atoms with E-state index in [1.807, 2.05) is 0 Å². The Labute approximate surface area is 125 Å². The quantitative estimate of drug-likeness (QED) is 0.807. The number of terminal acetylenes is 1. The topological polar surface area (TPSA) is 57.6 Å². The summed E-state index contributed by atoms with van der Waals surface area (Å²) in [6, 6.07) is 0. The fourth-order valence-corrected chi connectivity index (χ4v) is 5.78. The van der Waals surface area contributed by atoms with Gasteiger partial charge in [-0.1, -0.05) is 12.8 Å². The zero-order valence-electron chi connectivity index (χ0n) is 12.6. The maximum Gasteiger partial charge on any atom is 0.323 e. The summed E-state index contributed by atoms with van der Waals surface area (Å²) in [5.41, 5.74) is -0.0735. The Morgan fingerprint density at radius 1 is 1.29 bits per heavy atom. The van der Waals surface area contributed by atoms with Crippen molar-refractivity contribution >= 4 is 11.9 Å². The second-order valence-corrected chi connectivity index (χ2v) is 7.81. The van der Waals surface area contributed by atoms with Gasteiger partial charge in [-0.15, -0.1) is 6.42 Å². The van der Waals surface area contributed by atoms with Crippen molar-refractivity contribution in [2.75, 3.05) is 13.1 Å². The molecule has 114 valence electrons. The van der Waals surface area contributed by atoms with Crippen molar-refractivity contribution in [3.05, 3.63) is 0 Å². The van der Waals surface area contributed by atoms with Crippen molar-refractivity contribution in [2.45, 2.75) is 45.4 Å². The maximum absolute atomic E-state index is 13.0. The normalized spacial score (nSPS) is 39.8. The van der Waals surface area contributed by atoms with Gasteiger partial charge in [-0.25, -0.2) is 0 Å². The van der Waals surface area contributed by atoms with E-state index >= 15 is 0 Å². The highest BCUT2D eigenvalue weighted by atomic mass is 16.4. The zero-order valence-corrected chi connectivity index (χ0v) is 12.6. The number of carbonyl (C=O) groups excluding carboxylic acids is 1. The van der Waals surface area contributed by atoms with Gasteiger partial charge in [0.05, 0.1) is 12.0 Å². The van der Waals surface area contributed by atoms with Gasteiger partial charge in [0.25, 0.3) is 0 Å². The number of rotatable bonds is 4. The lowest BCUT2D eigenvalue weighted by Crippen LogP contribution is -2.58.